The van der Waals surface area contributed by atoms with Gasteiger partial charge in [0.15, 0.2) is 0 Å². The van der Waals surface area contributed by atoms with E-state index in [1.54, 1.807) is 17.1 Å². The predicted molar refractivity (Wildman–Crippen MR) is 170 cm³/mol. The molecule has 3 aliphatic heterocycles. The summed E-state index contributed by atoms with van der Waals surface area (Å²) in [7, 11) is 0. The Morgan fingerprint density at radius 1 is 1.22 bits per heavy atom. The van der Waals surface area contributed by atoms with E-state index in [1.807, 2.05) is 44.2 Å². The summed E-state index contributed by atoms with van der Waals surface area (Å²) in [5.74, 6) is -3.25. The third kappa shape index (κ3) is 6.72. The van der Waals surface area contributed by atoms with Gasteiger partial charge in [0, 0.05) is 19.0 Å². The summed E-state index contributed by atoms with van der Waals surface area (Å²) in [4.78, 5) is 58.6. The molecule has 1 aromatic rings. The van der Waals surface area contributed by atoms with Gasteiger partial charge in [-0.25, -0.2) is 0 Å². The highest BCUT2D eigenvalue weighted by atomic mass is 16.6. The van der Waals surface area contributed by atoms with Gasteiger partial charge in [0.05, 0.1) is 37.1 Å². The van der Waals surface area contributed by atoms with Gasteiger partial charge in [0.25, 0.3) is 0 Å². The van der Waals surface area contributed by atoms with Crippen LogP contribution in [0.1, 0.15) is 77.4 Å². The number of fused-ring (bicyclic) bond motifs is 1. The van der Waals surface area contributed by atoms with Crippen molar-refractivity contribution in [2.45, 2.75) is 102 Å². The first-order valence-corrected chi connectivity index (χ1v) is 16.3. The summed E-state index contributed by atoms with van der Waals surface area (Å²) in [6.07, 6.45) is 5.79. The molecule has 3 fully saturated rings. The van der Waals surface area contributed by atoms with Crippen molar-refractivity contribution >= 4 is 23.7 Å². The molecule has 1 spiro atoms. The first-order chi connectivity index (χ1) is 21.7. The van der Waals surface area contributed by atoms with Crippen LogP contribution in [0.25, 0.3) is 0 Å². The molecule has 3 aliphatic rings. The Labute approximate surface area is 266 Å². The lowest BCUT2D eigenvalue weighted by Gasteiger charge is -2.40. The fourth-order valence-corrected chi connectivity index (χ4v) is 7.44. The SMILES string of the molecule is C=CCCC(=O)NC[C@@H](OC(=O)[C@@H]1[C@H]2C(=O)N([C@@H](CC)CO)[C@H](C(=O)N(CC=C)C(C)CCC)[C@]23CC[C@H]1O3)c1ccccc1. The Bertz CT molecular complexity index is 1230. The quantitative estimate of drug-likeness (QED) is 0.200. The molecule has 246 valence electrons. The van der Waals surface area contributed by atoms with Gasteiger partial charge in [-0.2, -0.15) is 0 Å². The van der Waals surface area contributed by atoms with E-state index in [9.17, 15) is 24.3 Å². The molecule has 4 rings (SSSR count). The van der Waals surface area contributed by atoms with Gasteiger partial charge < -0.3 is 29.7 Å². The summed E-state index contributed by atoms with van der Waals surface area (Å²) in [5, 5.41) is 13.2. The van der Waals surface area contributed by atoms with E-state index in [0.717, 1.165) is 12.8 Å². The standard InChI is InChI=1S/C35H49N3O7/c1-6-10-17-28(40)36-21-27(24-15-12-11-13-16-24)44-34(43)29-26-18-19-35(45-26)30(29)32(41)38(25(9-4)22-39)31(35)33(42)37(20-8-3)23(5)14-7-2/h6,8,11-13,15-16,23,25-27,29-31,39H,1,3,7,9-10,14,17-22H2,2,4-5H3,(H,36,40)/t23?,25-,26+,27+,29-,30-,31+,35-/m0/s1. The number of rotatable bonds is 17. The number of amides is 3. The van der Waals surface area contributed by atoms with Gasteiger partial charge in [-0.1, -0.05) is 62.8 Å². The second-order valence-corrected chi connectivity index (χ2v) is 12.4. The Morgan fingerprint density at radius 2 is 1.96 bits per heavy atom. The Balaban J connectivity index is 1.66. The summed E-state index contributed by atoms with van der Waals surface area (Å²) in [5.41, 5.74) is -0.505. The molecule has 0 saturated carbocycles. The first-order valence-electron chi connectivity index (χ1n) is 16.3. The smallest absolute Gasteiger partial charge is 0.313 e. The van der Waals surface area contributed by atoms with Gasteiger partial charge in [0.1, 0.15) is 17.7 Å². The largest absolute Gasteiger partial charge is 0.455 e. The van der Waals surface area contributed by atoms with Gasteiger partial charge in [-0.15, -0.1) is 13.2 Å². The van der Waals surface area contributed by atoms with E-state index in [-0.39, 0.29) is 43.3 Å². The molecule has 10 heteroatoms. The van der Waals surface area contributed by atoms with Crippen LogP contribution in [-0.2, 0) is 28.7 Å². The molecule has 0 radical (unpaired) electrons. The molecule has 10 nitrogen and oxygen atoms in total. The average molecular weight is 624 g/mol. The number of hydrogen-bond donors (Lipinski definition) is 2. The lowest BCUT2D eigenvalue weighted by atomic mass is 9.70. The van der Waals surface area contributed by atoms with Crippen molar-refractivity contribution in [1.82, 2.24) is 15.1 Å². The second-order valence-electron chi connectivity index (χ2n) is 12.4. The van der Waals surface area contributed by atoms with Crippen molar-refractivity contribution in [3.05, 3.63) is 61.2 Å². The van der Waals surface area contributed by atoms with Crippen molar-refractivity contribution in [2.75, 3.05) is 19.7 Å². The molecule has 2 bridgehead atoms. The third-order valence-electron chi connectivity index (χ3n) is 9.66. The van der Waals surface area contributed by atoms with Crippen molar-refractivity contribution in [2.24, 2.45) is 11.8 Å². The molecule has 1 aromatic carbocycles. The summed E-state index contributed by atoms with van der Waals surface area (Å²) >= 11 is 0. The average Bonchev–Trinajstić information content (AvgIpc) is 3.69. The van der Waals surface area contributed by atoms with E-state index < -0.39 is 47.7 Å². The zero-order valence-electron chi connectivity index (χ0n) is 26.9. The number of benzene rings is 1. The van der Waals surface area contributed by atoms with Crippen molar-refractivity contribution in [1.29, 1.82) is 0 Å². The second kappa shape index (κ2) is 15.2. The van der Waals surface area contributed by atoms with Crippen LogP contribution in [0.2, 0.25) is 0 Å². The molecule has 1 unspecified atom stereocenters. The van der Waals surface area contributed by atoms with Gasteiger partial charge in [0.2, 0.25) is 17.7 Å². The number of esters is 1. The van der Waals surface area contributed by atoms with Crippen LogP contribution in [-0.4, -0.2) is 88.1 Å². The number of likely N-dealkylation sites (tertiary alicyclic amines) is 1. The first kappa shape index (κ1) is 34.4. The van der Waals surface area contributed by atoms with E-state index in [0.29, 0.717) is 37.8 Å². The monoisotopic (exact) mass is 623 g/mol. The number of allylic oxidation sites excluding steroid dienone is 1. The Hall–Kier alpha value is -3.50. The maximum atomic E-state index is 14.5. The van der Waals surface area contributed by atoms with Gasteiger partial charge >= 0.3 is 5.97 Å². The lowest BCUT2D eigenvalue weighted by molar-refractivity contribution is -0.161. The van der Waals surface area contributed by atoms with Crippen LogP contribution >= 0.6 is 0 Å². The molecule has 8 atom stereocenters. The normalized spacial score (nSPS) is 26.9. The molecule has 45 heavy (non-hydrogen) atoms. The van der Waals surface area contributed by atoms with E-state index in [4.69, 9.17) is 9.47 Å². The number of nitrogens with zero attached hydrogens (tertiary/aromatic N) is 2. The van der Waals surface area contributed by atoms with Gasteiger partial charge in [-0.3, -0.25) is 19.2 Å². The fraction of sp³-hybridized carbons (Fsp3) is 0.600. The fourth-order valence-electron chi connectivity index (χ4n) is 7.44. The van der Waals surface area contributed by atoms with E-state index in [2.05, 4.69) is 25.4 Å². The van der Waals surface area contributed by atoms with Crippen molar-refractivity contribution in [3.63, 3.8) is 0 Å². The van der Waals surface area contributed by atoms with Crippen LogP contribution in [0.3, 0.4) is 0 Å². The summed E-state index contributed by atoms with van der Waals surface area (Å²) in [6.45, 7) is 13.5. The van der Waals surface area contributed by atoms with Gasteiger partial charge in [-0.05, 0) is 44.6 Å². The minimum absolute atomic E-state index is 0.0647. The molecule has 3 heterocycles. The molecule has 0 aromatic heterocycles. The van der Waals surface area contributed by atoms with Crippen LogP contribution in [0.4, 0.5) is 0 Å². The van der Waals surface area contributed by atoms with Crippen LogP contribution < -0.4 is 5.32 Å². The highest BCUT2D eigenvalue weighted by Gasteiger charge is 2.75. The topological polar surface area (TPSA) is 125 Å². The van der Waals surface area contributed by atoms with Crippen LogP contribution in [0.15, 0.2) is 55.6 Å². The maximum Gasteiger partial charge on any atom is 0.313 e. The highest BCUT2D eigenvalue weighted by Crippen LogP contribution is 2.59. The number of aliphatic hydroxyl groups excluding tert-OH is 1. The summed E-state index contributed by atoms with van der Waals surface area (Å²) in [6, 6.07) is 7.45. The number of nitrogens with one attached hydrogen (secondary N) is 1. The maximum absolute atomic E-state index is 14.5. The number of ether oxygens (including phenoxy) is 2. The zero-order valence-corrected chi connectivity index (χ0v) is 26.9. The molecular formula is C35H49N3O7. The molecular weight excluding hydrogens is 574 g/mol. The predicted octanol–water partition coefficient (Wildman–Crippen LogP) is 3.70. The Morgan fingerprint density at radius 3 is 2.58 bits per heavy atom. The van der Waals surface area contributed by atoms with E-state index >= 15 is 0 Å². The van der Waals surface area contributed by atoms with Crippen molar-refractivity contribution in [3.8, 4) is 0 Å². The van der Waals surface area contributed by atoms with Crippen LogP contribution in [0, 0.1) is 11.8 Å². The molecule has 0 aliphatic carbocycles. The number of carbonyl (C=O) groups excluding carboxylic acids is 4. The summed E-state index contributed by atoms with van der Waals surface area (Å²) < 4.78 is 12.7. The molecule has 3 saturated heterocycles. The van der Waals surface area contributed by atoms with E-state index in [1.165, 1.54) is 4.90 Å². The Kier molecular flexibility index (Phi) is 11.6. The highest BCUT2D eigenvalue weighted by molar-refractivity contribution is 5.98. The number of aliphatic hydroxyl groups is 1. The number of hydrogen-bond acceptors (Lipinski definition) is 7. The minimum atomic E-state index is -1.21. The lowest BCUT2D eigenvalue weighted by Crippen LogP contribution is -2.60. The number of carbonyl (C=O) groups is 4. The zero-order chi connectivity index (χ0) is 32.7. The van der Waals surface area contributed by atoms with Crippen molar-refractivity contribution < 1.29 is 33.8 Å². The molecule has 3 amide bonds. The molecule has 2 N–H and O–H groups in total. The van der Waals surface area contributed by atoms with Crippen LogP contribution in [0.5, 0.6) is 0 Å². The minimum Gasteiger partial charge on any atom is -0.455 e. The third-order valence-corrected chi connectivity index (χ3v) is 9.66.